The molecule has 0 aliphatic rings. The van der Waals surface area contributed by atoms with Gasteiger partial charge in [-0.2, -0.15) is 21.6 Å². The van der Waals surface area contributed by atoms with Gasteiger partial charge in [-0.1, -0.05) is 24.1 Å². The first-order chi connectivity index (χ1) is 11.0. The maximum Gasteiger partial charge on any atom is 0.534 e. The highest BCUT2D eigenvalue weighted by Gasteiger charge is 2.49. The van der Waals surface area contributed by atoms with Crippen LogP contribution in [0.5, 0.6) is 0 Å². The summed E-state index contributed by atoms with van der Waals surface area (Å²) >= 11 is 0. The van der Waals surface area contributed by atoms with E-state index in [1.807, 2.05) is 0 Å². The van der Waals surface area contributed by atoms with Gasteiger partial charge in [0, 0.05) is 5.56 Å². The Kier molecular flexibility index (Phi) is 5.60. The van der Waals surface area contributed by atoms with Crippen LogP contribution in [0.1, 0.15) is 5.56 Å². The number of hydrogen-bond acceptors (Lipinski definition) is 5. The van der Waals surface area contributed by atoms with Crippen molar-refractivity contribution in [3.8, 4) is 11.8 Å². The Hall–Kier alpha value is -3.00. The second-order valence-electron chi connectivity index (χ2n) is 3.91. The van der Waals surface area contributed by atoms with Crippen LogP contribution in [0.2, 0.25) is 0 Å². The van der Waals surface area contributed by atoms with Crippen LogP contribution < -0.4 is 0 Å². The van der Waals surface area contributed by atoms with E-state index in [9.17, 15) is 31.2 Å². The molecule has 0 aromatic heterocycles. The van der Waals surface area contributed by atoms with Crippen molar-refractivity contribution in [1.82, 2.24) is 0 Å². The van der Waals surface area contributed by atoms with Gasteiger partial charge in [0.1, 0.15) is 0 Å². The molecule has 0 bridgehead atoms. The molecule has 1 rings (SSSR count). The summed E-state index contributed by atoms with van der Waals surface area (Å²) in [6.07, 6.45) is 0. The summed E-state index contributed by atoms with van der Waals surface area (Å²) in [4.78, 5) is 21.7. The quantitative estimate of drug-likeness (QED) is 0.157. The van der Waals surface area contributed by atoms with Gasteiger partial charge in [0.2, 0.25) is 5.76 Å². The molecule has 24 heavy (non-hydrogen) atoms. The Morgan fingerprint density at radius 3 is 1.96 bits per heavy atom. The highest BCUT2D eigenvalue weighted by Crippen LogP contribution is 2.27. The van der Waals surface area contributed by atoms with Crippen molar-refractivity contribution in [2.45, 2.75) is 5.51 Å². The van der Waals surface area contributed by atoms with Gasteiger partial charge in [-0.25, -0.2) is 9.59 Å². The third kappa shape index (κ3) is 4.75. The van der Waals surface area contributed by atoms with Crippen molar-refractivity contribution >= 4 is 22.1 Å². The SMILES string of the molecule is O=C(O)C(C(=O)O)=C(C#Cc1ccccc1)OS(=O)(=O)C(F)(F)F. The fourth-order valence-corrected chi connectivity index (χ4v) is 1.66. The summed E-state index contributed by atoms with van der Waals surface area (Å²) in [6.45, 7) is 0. The number of rotatable bonds is 4. The average Bonchev–Trinajstić information content (AvgIpc) is 2.43. The molecule has 0 atom stereocenters. The number of alkyl halides is 3. The maximum atomic E-state index is 12.3. The average molecular weight is 364 g/mol. The standard InChI is InChI=1S/C13H7F3O7S/c14-13(15,16)24(21,22)23-9(10(11(17)18)12(19)20)7-6-8-4-2-1-3-5-8/h1-5H,(H,17,18)(H,19,20). The molecular formula is C13H7F3O7S. The van der Waals surface area contributed by atoms with Crippen LogP contribution in [0.25, 0.3) is 0 Å². The smallest absolute Gasteiger partial charge is 0.477 e. The fourth-order valence-electron chi connectivity index (χ4n) is 1.22. The zero-order chi connectivity index (χ0) is 18.5. The normalized spacial score (nSPS) is 11.0. The summed E-state index contributed by atoms with van der Waals surface area (Å²) in [5.41, 5.74) is -7.50. The molecule has 0 amide bonds. The molecule has 11 heteroatoms. The number of carboxylic acids is 2. The van der Waals surface area contributed by atoms with Gasteiger partial charge in [-0.15, -0.1) is 0 Å². The molecule has 2 N–H and O–H groups in total. The second kappa shape index (κ2) is 7.05. The van der Waals surface area contributed by atoms with Crippen molar-refractivity contribution in [1.29, 1.82) is 0 Å². The molecular weight excluding hydrogens is 357 g/mol. The van der Waals surface area contributed by atoms with Crippen molar-refractivity contribution in [2.75, 3.05) is 0 Å². The Balaban J connectivity index is 3.50. The van der Waals surface area contributed by atoms with Crippen molar-refractivity contribution in [3.63, 3.8) is 0 Å². The summed E-state index contributed by atoms with van der Waals surface area (Å²) in [5, 5.41) is 17.5. The van der Waals surface area contributed by atoms with Gasteiger partial charge in [0.05, 0.1) is 0 Å². The van der Waals surface area contributed by atoms with Crippen molar-refractivity contribution in [3.05, 3.63) is 47.2 Å². The third-order valence-electron chi connectivity index (χ3n) is 2.23. The van der Waals surface area contributed by atoms with E-state index in [2.05, 4.69) is 10.1 Å². The van der Waals surface area contributed by atoms with E-state index in [4.69, 9.17) is 10.2 Å². The number of allylic oxidation sites excluding steroid dienone is 1. The molecule has 0 saturated carbocycles. The molecule has 128 valence electrons. The van der Waals surface area contributed by atoms with Crippen LogP contribution >= 0.6 is 0 Å². The van der Waals surface area contributed by atoms with Crippen LogP contribution in [0.15, 0.2) is 41.7 Å². The van der Waals surface area contributed by atoms with E-state index < -0.39 is 38.9 Å². The van der Waals surface area contributed by atoms with Crippen molar-refractivity contribution in [2.24, 2.45) is 0 Å². The van der Waals surface area contributed by atoms with Gasteiger partial charge in [-0.3, -0.25) is 0 Å². The topological polar surface area (TPSA) is 118 Å². The molecule has 0 heterocycles. The van der Waals surface area contributed by atoms with E-state index in [0.29, 0.717) is 0 Å². The Labute approximate surface area is 133 Å². The zero-order valence-corrected chi connectivity index (χ0v) is 12.2. The second-order valence-corrected chi connectivity index (χ2v) is 5.45. The van der Waals surface area contributed by atoms with Gasteiger partial charge in [0.15, 0.2) is 5.57 Å². The van der Waals surface area contributed by atoms with E-state index in [1.54, 1.807) is 12.0 Å². The zero-order valence-electron chi connectivity index (χ0n) is 11.4. The Morgan fingerprint density at radius 1 is 1.04 bits per heavy atom. The molecule has 0 saturated heterocycles. The summed E-state index contributed by atoms with van der Waals surface area (Å²) in [6, 6.07) is 7.27. The number of hydrogen-bond donors (Lipinski definition) is 2. The Bertz CT molecular complexity index is 827. The number of benzene rings is 1. The van der Waals surface area contributed by atoms with Crippen LogP contribution in [-0.2, 0) is 23.9 Å². The highest BCUT2D eigenvalue weighted by molar-refractivity contribution is 7.87. The summed E-state index contributed by atoms with van der Waals surface area (Å²) in [7, 11) is -6.30. The van der Waals surface area contributed by atoms with Crippen LogP contribution in [0.3, 0.4) is 0 Å². The molecule has 0 unspecified atom stereocenters. The molecule has 7 nitrogen and oxygen atoms in total. The lowest BCUT2D eigenvalue weighted by Gasteiger charge is -2.09. The van der Waals surface area contributed by atoms with Crippen LogP contribution in [0.4, 0.5) is 13.2 Å². The monoisotopic (exact) mass is 364 g/mol. The van der Waals surface area contributed by atoms with Crippen LogP contribution in [-0.4, -0.2) is 36.1 Å². The van der Waals surface area contributed by atoms with E-state index in [0.717, 1.165) is 0 Å². The van der Waals surface area contributed by atoms with Crippen molar-refractivity contribution < 1.29 is 45.6 Å². The predicted molar refractivity (Wildman–Crippen MR) is 71.7 cm³/mol. The number of aliphatic carboxylic acids is 2. The van der Waals surface area contributed by atoms with Gasteiger partial charge >= 0.3 is 27.6 Å². The first-order valence-electron chi connectivity index (χ1n) is 5.74. The van der Waals surface area contributed by atoms with Crippen LogP contribution in [0, 0.1) is 11.8 Å². The lowest BCUT2D eigenvalue weighted by Crippen LogP contribution is -2.27. The molecule has 0 radical (unpaired) electrons. The molecule has 1 aromatic carbocycles. The molecule has 0 fully saturated rings. The minimum atomic E-state index is -6.30. The molecule has 0 aliphatic heterocycles. The summed E-state index contributed by atoms with van der Waals surface area (Å²) < 4.78 is 62.6. The van der Waals surface area contributed by atoms with Gasteiger partial charge in [-0.05, 0) is 18.1 Å². The molecule has 0 spiro atoms. The van der Waals surface area contributed by atoms with E-state index >= 15 is 0 Å². The number of halogens is 3. The number of carboxylic acid groups (broad SMARTS) is 2. The first-order valence-corrected chi connectivity index (χ1v) is 7.15. The third-order valence-corrected chi connectivity index (χ3v) is 3.18. The summed E-state index contributed by atoms with van der Waals surface area (Å²) in [5.74, 6) is -2.31. The lowest BCUT2D eigenvalue weighted by atomic mass is 10.2. The maximum absolute atomic E-state index is 12.3. The number of carbonyl (C=O) groups is 2. The first kappa shape index (κ1) is 19.0. The minimum Gasteiger partial charge on any atom is -0.477 e. The fraction of sp³-hybridized carbons (Fsp3) is 0.0769. The van der Waals surface area contributed by atoms with E-state index in [1.165, 1.54) is 24.3 Å². The Morgan fingerprint density at radius 2 is 1.54 bits per heavy atom. The van der Waals surface area contributed by atoms with Gasteiger partial charge in [0.25, 0.3) is 0 Å². The predicted octanol–water partition coefficient (Wildman–Crippen LogP) is 1.33. The highest BCUT2D eigenvalue weighted by atomic mass is 32.2. The van der Waals surface area contributed by atoms with E-state index in [-0.39, 0.29) is 5.56 Å². The molecule has 0 aliphatic carbocycles. The molecule has 1 aromatic rings. The largest absolute Gasteiger partial charge is 0.534 e. The minimum absolute atomic E-state index is 0.151. The van der Waals surface area contributed by atoms with Gasteiger partial charge < -0.3 is 14.4 Å². The lowest BCUT2D eigenvalue weighted by molar-refractivity contribution is -0.140.